The molecule has 4 heteroatoms. The van der Waals surface area contributed by atoms with Gasteiger partial charge in [-0.3, -0.25) is 9.59 Å². The molecule has 1 amide bonds. The topological polar surface area (TPSA) is 46.6 Å². The monoisotopic (exact) mass is 351 g/mol. The Kier molecular flexibility index (Phi) is 5.40. The van der Waals surface area contributed by atoms with Gasteiger partial charge in [0.2, 0.25) is 0 Å². The fourth-order valence-electron chi connectivity index (χ4n) is 3.67. The molecule has 0 aliphatic heterocycles. The second-order valence-electron chi connectivity index (χ2n) is 6.93. The normalized spacial score (nSPS) is 15.9. The average molecular weight is 351 g/mol. The molecule has 0 saturated carbocycles. The van der Waals surface area contributed by atoms with Gasteiger partial charge in [0.05, 0.1) is 6.04 Å². The van der Waals surface area contributed by atoms with Gasteiger partial charge in [-0.2, -0.15) is 0 Å². The highest BCUT2D eigenvalue weighted by Gasteiger charge is 2.26. The van der Waals surface area contributed by atoms with Gasteiger partial charge in [0.1, 0.15) is 5.75 Å². The first-order valence-electron chi connectivity index (χ1n) is 9.05. The summed E-state index contributed by atoms with van der Waals surface area (Å²) in [7, 11) is 1.85. The van der Waals surface area contributed by atoms with Crippen molar-refractivity contribution in [2.75, 3.05) is 13.7 Å². The number of rotatable bonds is 5. The van der Waals surface area contributed by atoms with Crippen LogP contribution in [0.1, 0.15) is 52.9 Å². The van der Waals surface area contributed by atoms with E-state index in [1.165, 1.54) is 11.1 Å². The van der Waals surface area contributed by atoms with Crippen molar-refractivity contribution in [1.29, 1.82) is 0 Å². The van der Waals surface area contributed by atoms with Gasteiger partial charge in [-0.1, -0.05) is 24.3 Å². The number of benzene rings is 2. The Balaban J connectivity index is 1.65. The maximum atomic E-state index is 12.6. The first-order valence-corrected chi connectivity index (χ1v) is 9.05. The van der Waals surface area contributed by atoms with Crippen molar-refractivity contribution in [3.63, 3.8) is 0 Å². The SMILES string of the molecule is CC(=O)c1ccc(OCC(=O)N(C)C2CCCc3ccccc32)cc1C. The van der Waals surface area contributed by atoms with Gasteiger partial charge in [-0.15, -0.1) is 0 Å². The average Bonchev–Trinajstić information content (AvgIpc) is 2.64. The zero-order valence-corrected chi connectivity index (χ0v) is 15.6. The number of fused-ring (bicyclic) bond motifs is 1. The van der Waals surface area contributed by atoms with Gasteiger partial charge in [0.25, 0.3) is 5.91 Å². The van der Waals surface area contributed by atoms with Crippen molar-refractivity contribution in [3.8, 4) is 5.75 Å². The summed E-state index contributed by atoms with van der Waals surface area (Å²) >= 11 is 0. The fraction of sp³-hybridized carbons (Fsp3) is 0.364. The van der Waals surface area contributed by atoms with Crippen LogP contribution in [-0.4, -0.2) is 30.2 Å². The first kappa shape index (κ1) is 18.2. The van der Waals surface area contributed by atoms with E-state index in [1.807, 2.05) is 20.0 Å². The summed E-state index contributed by atoms with van der Waals surface area (Å²) in [6, 6.07) is 13.8. The van der Waals surface area contributed by atoms with Crippen LogP contribution in [0.15, 0.2) is 42.5 Å². The number of likely N-dealkylation sites (N-methyl/N-ethyl adjacent to an activating group) is 1. The zero-order chi connectivity index (χ0) is 18.7. The van der Waals surface area contributed by atoms with Crippen molar-refractivity contribution in [1.82, 2.24) is 4.90 Å². The van der Waals surface area contributed by atoms with Crippen LogP contribution in [0.2, 0.25) is 0 Å². The molecule has 26 heavy (non-hydrogen) atoms. The Labute approximate surface area is 154 Å². The van der Waals surface area contributed by atoms with Crippen molar-refractivity contribution in [2.24, 2.45) is 0 Å². The lowest BCUT2D eigenvalue weighted by atomic mass is 9.87. The number of ketones is 1. The predicted octanol–water partition coefficient (Wildman–Crippen LogP) is 4.11. The number of hydrogen-bond donors (Lipinski definition) is 0. The van der Waals surface area contributed by atoms with Crippen LogP contribution in [0.25, 0.3) is 0 Å². The Bertz CT molecular complexity index is 828. The maximum Gasteiger partial charge on any atom is 0.260 e. The number of amides is 1. The Morgan fingerprint density at radius 2 is 1.96 bits per heavy atom. The number of hydrogen-bond acceptors (Lipinski definition) is 3. The number of aryl methyl sites for hydroxylation is 2. The summed E-state index contributed by atoms with van der Waals surface area (Å²) in [6.45, 7) is 3.41. The smallest absolute Gasteiger partial charge is 0.260 e. The van der Waals surface area contributed by atoms with Crippen LogP contribution < -0.4 is 4.74 Å². The van der Waals surface area contributed by atoms with E-state index in [0.717, 1.165) is 24.8 Å². The minimum atomic E-state index is -0.0417. The molecular weight excluding hydrogens is 326 g/mol. The molecule has 2 aromatic carbocycles. The second kappa shape index (κ2) is 7.73. The summed E-state index contributed by atoms with van der Waals surface area (Å²) in [4.78, 5) is 25.9. The number of carbonyl (C=O) groups is 2. The van der Waals surface area contributed by atoms with Gasteiger partial charge in [0, 0.05) is 12.6 Å². The van der Waals surface area contributed by atoms with Crippen LogP contribution in [0.3, 0.4) is 0 Å². The highest BCUT2D eigenvalue weighted by molar-refractivity contribution is 5.95. The molecule has 0 aromatic heterocycles. The lowest BCUT2D eigenvalue weighted by molar-refractivity contribution is -0.134. The molecule has 0 heterocycles. The molecule has 0 N–H and O–H groups in total. The van der Waals surface area contributed by atoms with E-state index in [1.54, 1.807) is 30.0 Å². The van der Waals surface area contributed by atoms with Crippen molar-refractivity contribution in [3.05, 3.63) is 64.7 Å². The number of Topliss-reactive ketones (excluding diaryl/α,β-unsaturated/α-hetero) is 1. The molecule has 1 aliphatic carbocycles. The lowest BCUT2D eigenvalue weighted by Crippen LogP contribution is -2.36. The third-order valence-corrected chi connectivity index (χ3v) is 5.14. The van der Waals surface area contributed by atoms with Gasteiger partial charge >= 0.3 is 0 Å². The van der Waals surface area contributed by atoms with Crippen molar-refractivity contribution >= 4 is 11.7 Å². The molecule has 2 aromatic rings. The van der Waals surface area contributed by atoms with Gasteiger partial charge < -0.3 is 9.64 Å². The lowest BCUT2D eigenvalue weighted by Gasteiger charge is -2.33. The minimum absolute atomic E-state index is 0.00593. The van der Waals surface area contributed by atoms with E-state index < -0.39 is 0 Å². The standard InChI is InChI=1S/C22H25NO3/c1-15-13-18(11-12-19(15)16(2)24)26-14-22(25)23(3)21-10-6-8-17-7-4-5-9-20(17)21/h4-5,7,9,11-13,21H,6,8,10,14H2,1-3H3. The van der Waals surface area contributed by atoms with E-state index in [-0.39, 0.29) is 24.3 Å². The zero-order valence-electron chi connectivity index (χ0n) is 15.6. The molecule has 0 bridgehead atoms. The van der Waals surface area contributed by atoms with Crippen molar-refractivity contribution in [2.45, 2.75) is 39.2 Å². The van der Waals surface area contributed by atoms with Crippen LogP contribution in [-0.2, 0) is 11.2 Å². The van der Waals surface area contributed by atoms with E-state index in [0.29, 0.717) is 11.3 Å². The third-order valence-electron chi connectivity index (χ3n) is 5.14. The van der Waals surface area contributed by atoms with E-state index in [2.05, 4.69) is 18.2 Å². The number of ether oxygens (including phenoxy) is 1. The number of carbonyl (C=O) groups excluding carboxylic acids is 2. The summed E-state index contributed by atoms with van der Waals surface area (Å²) in [5.74, 6) is 0.596. The Morgan fingerprint density at radius 1 is 1.19 bits per heavy atom. The Morgan fingerprint density at radius 3 is 2.69 bits per heavy atom. The third kappa shape index (κ3) is 3.79. The van der Waals surface area contributed by atoms with Crippen LogP contribution in [0.5, 0.6) is 5.75 Å². The van der Waals surface area contributed by atoms with Gasteiger partial charge in [-0.05, 0) is 68.0 Å². The molecule has 4 nitrogen and oxygen atoms in total. The second-order valence-corrected chi connectivity index (χ2v) is 6.93. The van der Waals surface area contributed by atoms with E-state index >= 15 is 0 Å². The molecule has 136 valence electrons. The summed E-state index contributed by atoms with van der Waals surface area (Å²) in [5.41, 5.74) is 4.12. The van der Waals surface area contributed by atoms with E-state index in [4.69, 9.17) is 4.74 Å². The first-order chi connectivity index (χ1) is 12.5. The molecule has 1 aliphatic rings. The van der Waals surface area contributed by atoms with Gasteiger partial charge in [-0.25, -0.2) is 0 Å². The molecule has 0 fully saturated rings. The predicted molar refractivity (Wildman–Crippen MR) is 102 cm³/mol. The summed E-state index contributed by atoms with van der Waals surface area (Å²) in [5, 5.41) is 0. The van der Waals surface area contributed by atoms with Gasteiger partial charge in [0.15, 0.2) is 12.4 Å². The molecule has 1 unspecified atom stereocenters. The van der Waals surface area contributed by atoms with E-state index in [9.17, 15) is 9.59 Å². The summed E-state index contributed by atoms with van der Waals surface area (Å²) < 4.78 is 5.68. The Hall–Kier alpha value is -2.62. The minimum Gasteiger partial charge on any atom is -0.484 e. The van der Waals surface area contributed by atoms with Crippen LogP contribution in [0, 0.1) is 6.92 Å². The highest BCUT2D eigenvalue weighted by atomic mass is 16.5. The molecule has 3 rings (SSSR count). The molecule has 0 spiro atoms. The van der Waals surface area contributed by atoms with Crippen LogP contribution >= 0.6 is 0 Å². The highest BCUT2D eigenvalue weighted by Crippen LogP contribution is 2.33. The maximum absolute atomic E-state index is 12.6. The molecular formula is C22H25NO3. The molecule has 0 radical (unpaired) electrons. The molecule has 0 saturated heterocycles. The molecule has 1 atom stereocenters. The largest absolute Gasteiger partial charge is 0.484 e. The van der Waals surface area contributed by atoms with Crippen molar-refractivity contribution < 1.29 is 14.3 Å². The quantitative estimate of drug-likeness (QED) is 0.762. The van der Waals surface area contributed by atoms with Crippen LogP contribution in [0.4, 0.5) is 0 Å². The number of nitrogens with zero attached hydrogens (tertiary/aromatic N) is 1. The summed E-state index contributed by atoms with van der Waals surface area (Å²) in [6.07, 6.45) is 3.14. The fourth-order valence-corrected chi connectivity index (χ4v) is 3.67.